The zero-order chi connectivity index (χ0) is 23.6. The fourth-order valence-corrected chi connectivity index (χ4v) is 3.72. The molecule has 0 saturated carbocycles. The quantitative estimate of drug-likeness (QED) is 0.273. The summed E-state index contributed by atoms with van der Waals surface area (Å²) in [6, 6.07) is 18.4. The molecule has 2 amide bonds. The molecule has 0 bridgehead atoms. The molecular weight excluding hydrogens is 552 g/mol. The number of benzene rings is 3. The third-order valence-corrected chi connectivity index (χ3v) is 5.45. The van der Waals surface area contributed by atoms with Crippen LogP contribution >= 0.6 is 22.6 Å². The number of nitrogens with one attached hydrogen (secondary N) is 2. The van der Waals surface area contributed by atoms with E-state index in [1.165, 1.54) is 12.1 Å². The van der Waals surface area contributed by atoms with Crippen molar-refractivity contribution in [2.75, 3.05) is 10.6 Å². The van der Waals surface area contributed by atoms with Gasteiger partial charge in [0.05, 0.1) is 5.56 Å². The van der Waals surface area contributed by atoms with Crippen LogP contribution < -0.4 is 15.4 Å². The van der Waals surface area contributed by atoms with Gasteiger partial charge in [-0.15, -0.1) is 13.2 Å². The first-order valence-electron chi connectivity index (χ1n) is 9.46. The smallest absolute Gasteiger partial charge is 0.449 e. The molecule has 0 radical (unpaired) electrons. The maximum absolute atomic E-state index is 12.9. The molecular formula is C23H14F3IN2O4. The summed E-state index contributed by atoms with van der Waals surface area (Å²) < 4.78 is 47.2. The summed E-state index contributed by atoms with van der Waals surface area (Å²) in [5.41, 5.74) is 1.21. The molecule has 4 rings (SSSR count). The van der Waals surface area contributed by atoms with Gasteiger partial charge in [0.25, 0.3) is 11.8 Å². The number of ether oxygens (including phenoxy) is 1. The number of carbonyl (C=O) groups is 2. The highest BCUT2D eigenvalue weighted by Gasteiger charge is 2.31. The summed E-state index contributed by atoms with van der Waals surface area (Å²) in [5, 5.41) is 5.82. The number of anilines is 2. The van der Waals surface area contributed by atoms with E-state index >= 15 is 0 Å². The number of carbonyl (C=O) groups excluding carboxylic acids is 2. The fraction of sp³-hybridized carbons (Fsp3) is 0.0435. The first kappa shape index (κ1) is 22.6. The minimum Gasteiger partial charge on any atom is -0.449 e. The van der Waals surface area contributed by atoms with E-state index in [1.807, 2.05) is 22.6 Å². The van der Waals surface area contributed by atoms with Crippen molar-refractivity contribution in [2.45, 2.75) is 6.36 Å². The number of hydrogen-bond donors (Lipinski definition) is 2. The van der Waals surface area contributed by atoms with Crippen LogP contribution in [-0.2, 0) is 0 Å². The zero-order valence-electron chi connectivity index (χ0n) is 16.6. The van der Waals surface area contributed by atoms with Gasteiger partial charge < -0.3 is 19.8 Å². The van der Waals surface area contributed by atoms with Crippen molar-refractivity contribution in [2.24, 2.45) is 0 Å². The summed E-state index contributed by atoms with van der Waals surface area (Å²) in [6.45, 7) is 0. The molecule has 0 saturated heterocycles. The van der Waals surface area contributed by atoms with E-state index in [2.05, 4.69) is 15.4 Å². The SMILES string of the molecule is O=C(Nc1c(C(=O)Nc2ccc(OC(F)(F)F)cc2)oc2ccccc12)c1ccccc1I. The molecule has 0 aliphatic rings. The molecule has 1 aromatic heterocycles. The van der Waals surface area contributed by atoms with Crippen LogP contribution in [0.15, 0.2) is 77.2 Å². The molecule has 33 heavy (non-hydrogen) atoms. The molecule has 0 fully saturated rings. The van der Waals surface area contributed by atoms with Crippen LogP contribution in [0.3, 0.4) is 0 Å². The zero-order valence-corrected chi connectivity index (χ0v) is 18.7. The van der Waals surface area contributed by atoms with E-state index in [9.17, 15) is 22.8 Å². The first-order valence-corrected chi connectivity index (χ1v) is 10.5. The van der Waals surface area contributed by atoms with Crippen LogP contribution in [0.25, 0.3) is 11.0 Å². The summed E-state index contributed by atoms with van der Waals surface area (Å²) in [6.07, 6.45) is -4.82. The number of amides is 2. The molecule has 168 valence electrons. The van der Waals surface area contributed by atoms with Crippen LogP contribution in [0, 0.1) is 3.57 Å². The first-order chi connectivity index (χ1) is 15.7. The van der Waals surface area contributed by atoms with Crippen LogP contribution in [0.2, 0.25) is 0 Å². The monoisotopic (exact) mass is 566 g/mol. The Bertz CT molecular complexity index is 1330. The van der Waals surface area contributed by atoms with Crippen LogP contribution in [0.1, 0.15) is 20.9 Å². The number of halogens is 4. The second kappa shape index (κ2) is 9.14. The maximum Gasteiger partial charge on any atom is 0.573 e. The lowest BCUT2D eigenvalue weighted by Gasteiger charge is -2.10. The van der Waals surface area contributed by atoms with Crippen molar-refractivity contribution in [1.29, 1.82) is 0 Å². The van der Waals surface area contributed by atoms with Crippen molar-refractivity contribution >= 4 is 56.7 Å². The van der Waals surface area contributed by atoms with E-state index in [0.29, 0.717) is 16.5 Å². The predicted molar refractivity (Wildman–Crippen MR) is 124 cm³/mol. The summed E-state index contributed by atoms with van der Waals surface area (Å²) in [4.78, 5) is 25.8. The Labute approximate surface area is 198 Å². The largest absolute Gasteiger partial charge is 0.573 e. The van der Waals surface area contributed by atoms with Crippen LogP contribution in [-0.4, -0.2) is 18.2 Å². The Balaban J connectivity index is 1.61. The van der Waals surface area contributed by atoms with Gasteiger partial charge in [0, 0.05) is 14.6 Å². The molecule has 4 aromatic rings. The van der Waals surface area contributed by atoms with Gasteiger partial charge in [-0.25, -0.2) is 0 Å². The molecule has 0 atom stereocenters. The highest BCUT2D eigenvalue weighted by atomic mass is 127. The lowest BCUT2D eigenvalue weighted by molar-refractivity contribution is -0.274. The molecule has 0 spiro atoms. The van der Waals surface area contributed by atoms with E-state index in [0.717, 1.165) is 15.7 Å². The number of hydrogen-bond acceptors (Lipinski definition) is 4. The highest BCUT2D eigenvalue weighted by molar-refractivity contribution is 14.1. The third kappa shape index (κ3) is 5.28. The van der Waals surface area contributed by atoms with Crippen molar-refractivity contribution in [3.63, 3.8) is 0 Å². The second-order valence-electron chi connectivity index (χ2n) is 6.76. The molecule has 0 aliphatic carbocycles. The number of furan rings is 1. The highest BCUT2D eigenvalue weighted by Crippen LogP contribution is 2.32. The van der Waals surface area contributed by atoms with Gasteiger partial charge in [-0.1, -0.05) is 24.3 Å². The Kier molecular flexibility index (Phi) is 6.27. The van der Waals surface area contributed by atoms with Gasteiger partial charge in [0.15, 0.2) is 0 Å². The summed E-state index contributed by atoms with van der Waals surface area (Å²) >= 11 is 2.04. The number of fused-ring (bicyclic) bond motifs is 1. The minimum absolute atomic E-state index is 0.147. The Morgan fingerprint density at radius 1 is 0.848 bits per heavy atom. The van der Waals surface area contributed by atoms with Crippen LogP contribution in [0.5, 0.6) is 5.75 Å². The van der Waals surface area contributed by atoms with Gasteiger partial charge in [0.2, 0.25) is 5.76 Å². The summed E-state index contributed by atoms with van der Waals surface area (Å²) in [7, 11) is 0. The van der Waals surface area contributed by atoms with Gasteiger partial charge in [-0.05, 0) is 71.1 Å². The number of para-hydroxylation sites is 1. The van der Waals surface area contributed by atoms with Gasteiger partial charge in [-0.3, -0.25) is 9.59 Å². The Hall–Kier alpha value is -3.54. The second-order valence-corrected chi connectivity index (χ2v) is 7.92. The maximum atomic E-state index is 12.9. The molecule has 10 heteroatoms. The Morgan fingerprint density at radius 2 is 1.52 bits per heavy atom. The minimum atomic E-state index is -4.82. The summed E-state index contributed by atoms with van der Waals surface area (Å²) in [5.74, 6) is -1.68. The fourth-order valence-electron chi connectivity index (χ4n) is 3.08. The van der Waals surface area contributed by atoms with E-state index < -0.39 is 23.9 Å². The van der Waals surface area contributed by atoms with Crippen molar-refractivity contribution < 1.29 is 31.9 Å². The molecule has 2 N–H and O–H groups in total. The lowest BCUT2D eigenvalue weighted by Crippen LogP contribution is -2.18. The van der Waals surface area contributed by atoms with E-state index in [1.54, 1.807) is 48.5 Å². The van der Waals surface area contributed by atoms with E-state index in [-0.39, 0.29) is 17.1 Å². The predicted octanol–water partition coefficient (Wildman–Crippen LogP) is 6.44. The average molecular weight is 566 g/mol. The Morgan fingerprint density at radius 3 is 2.21 bits per heavy atom. The number of rotatable bonds is 5. The average Bonchev–Trinajstić information content (AvgIpc) is 3.13. The molecule has 0 aliphatic heterocycles. The third-order valence-electron chi connectivity index (χ3n) is 4.50. The molecule has 6 nitrogen and oxygen atoms in total. The van der Waals surface area contributed by atoms with Crippen molar-refractivity contribution in [3.8, 4) is 5.75 Å². The molecule has 0 unspecified atom stereocenters. The van der Waals surface area contributed by atoms with Crippen molar-refractivity contribution in [1.82, 2.24) is 0 Å². The van der Waals surface area contributed by atoms with Crippen molar-refractivity contribution in [3.05, 3.63) is 87.7 Å². The van der Waals surface area contributed by atoms with E-state index in [4.69, 9.17) is 4.42 Å². The lowest BCUT2D eigenvalue weighted by atomic mass is 10.1. The van der Waals surface area contributed by atoms with Crippen LogP contribution in [0.4, 0.5) is 24.5 Å². The normalized spacial score (nSPS) is 11.3. The number of alkyl halides is 3. The van der Waals surface area contributed by atoms with Gasteiger partial charge in [-0.2, -0.15) is 0 Å². The van der Waals surface area contributed by atoms with Gasteiger partial charge in [0.1, 0.15) is 17.0 Å². The standard InChI is InChI=1S/C23H14F3IN2O4/c24-23(25,26)33-14-11-9-13(10-12-14)28-22(31)20-19(16-6-2-4-8-18(16)32-20)29-21(30)15-5-1-3-7-17(15)27/h1-12H,(H,28,31)(H,29,30). The van der Waals surface area contributed by atoms with Gasteiger partial charge >= 0.3 is 6.36 Å². The molecule has 1 heterocycles. The molecule has 3 aromatic carbocycles. The topological polar surface area (TPSA) is 80.6 Å².